The number of ether oxygens (including phenoxy) is 1. The number of nitrogens with zero attached hydrogens (tertiary/aromatic N) is 1. The van der Waals surface area contributed by atoms with E-state index < -0.39 is 4.92 Å². The van der Waals surface area contributed by atoms with Crippen molar-refractivity contribution in [3.8, 4) is 0 Å². The van der Waals surface area contributed by atoms with E-state index in [0.29, 0.717) is 0 Å². The second-order valence-electron chi connectivity index (χ2n) is 8.49. The molecule has 2 aromatic carbocycles. The molecule has 1 unspecified atom stereocenters. The van der Waals surface area contributed by atoms with Crippen LogP contribution in [0.5, 0.6) is 0 Å². The molecule has 3 aliphatic carbocycles. The number of nitro benzene ring substituents is 1. The molecule has 34 heavy (non-hydrogen) atoms. The maximum absolute atomic E-state index is 11.3. The number of rotatable bonds is 2. The third-order valence-electron chi connectivity index (χ3n) is 6.40. The summed E-state index contributed by atoms with van der Waals surface area (Å²) in [6.45, 7) is 0. The minimum Gasteiger partial charge on any atom is -0.473 e. The highest BCUT2D eigenvalue weighted by molar-refractivity contribution is 6.32. The van der Waals surface area contributed by atoms with E-state index in [4.69, 9.17) is 16.3 Å². The number of halogens is 1. The summed E-state index contributed by atoms with van der Waals surface area (Å²) in [5.74, 6) is -0.0133. The van der Waals surface area contributed by atoms with Crippen LogP contribution in [0, 0.1) is 10.1 Å². The lowest BCUT2D eigenvalue weighted by molar-refractivity contribution is -0.384. The molecule has 2 aromatic rings. The molecule has 4 nitrogen and oxygen atoms in total. The minimum absolute atomic E-state index is 0.0133. The molecule has 0 fully saturated rings. The molecule has 1 atom stereocenters. The summed E-state index contributed by atoms with van der Waals surface area (Å²) in [7, 11) is 0. The molecule has 170 valence electrons. The molecule has 1 aliphatic heterocycles. The number of allylic oxidation sites excluding steroid dienone is 8. The monoisotopic (exact) mass is 469 g/mol. The smallest absolute Gasteiger partial charge is 0.288 e. The topological polar surface area (TPSA) is 52.4 Å². The van der Waals surface area contributed by atoms with Gasteiger partial charge in [-0.05, 0) is 82.2 Å². The van der Waals surface area contributed by atoms with Gasteiger partial charge < -0.3 is 4.74 Å². The molecular formula is C29H24ClNO3. The number of fused-ring (bicyclic) bond motifs is 5. The van der Waals surface area contributed by atoms with Crippen molar-refractivity contribution in [2.75, 3.05) is 0 Å². The Morgan fingerprint density at radius 2 is 1.85 bits per heavy atom. The van der Waals surface area contributed by atoms with Crippen LogP contribution >= 0.6 is 11.6 Å². The highest BCUT2D eigenvalue weighted by Gasteiger charge is 2.23. The van der Waals surface area contributed by atoms with E-state index in [1.54, 1.807) is 24.7 Å². The van der Waals surface area contributed by atoms with E-state index >= 15 is 0 Å². The average molecular weight is 470 g/mol. The summed E-state index contributed by atoms with van der Waals surface area (Å²) in [4.78, 5) is 10.8. The molecule has 6 rings (SSSR count). The SMILES string of the molecule is C1=COC=CC1.O=[N+]([O-])c1cc(C2C=CC3=CCc4c(ccc5c4=CCCC=5)C3=C2)ccc1Cl. The van der Waals surface area contributed by atoms with Crippen LogP contribution in [0.2, 0.25) is 5.02 Å². The first kappa shape index (κ1) is 22.2. The van der Waals surface area contributed by atoms with Gasteiger partial charge in [0, 0.05) is 12.0 Å². The van der Waals surface area contributed by atoms with Gasteiger partial charge in [0.1, 0.15) is 5.02 Å². The Bertz CT molecular complexity index is 1410. The molecule has 0 amide bonds. The first-order chi connectivity index (χ1) is 16.6. The molecule has 4 aliphatic rings. The summed E-state index contributed by atoms with van der Waals surface area (Å²) >= 11 is 5.98. The van der Waals surface area contributed by atoms with E-state index in [2.05, 4.69) is 48.6 Å². The van der Waals surface area contributed by atoms with Crippen molar-refractivity contribution in [2.24, 2.45) is 0 Å². The molecular weight excluding hydrogens is 446 g/mol. The molecule has 0 radical (unpaired) electrons. The fraction of sp³-hybridized carbons (Fsp3) is 0.172. The molecule has 0 spiro atoms. The van der Waals surface area contributed by atoms with Gasteiger partial charge >= 0.3 is 0 Å². The van der Waals surface area contributed by atoms with Gasteiger partial charge in [0.15, 0.2) is 0 Å². The summed E-state index contributed by atoms with van der Waals surface area (Å²) < 4.78 is 4.71. The largest absolute Gasteiger partial charge is 0.473 e. The van der Waals surface area contributed by atoms with E-state index in [1.807, 2.05) is 18.2 Å². The Hall–Kier alpha value is -3.63. The third-order valence-corrected chi connectivity index (χ3v) is 6.72. The van der Waals surface area contributed by atoms with Crippen LogP contribution in [-0.2, 0) is 11.2 Å². The summed E-state index contributed by atoms with van der Waals surface area (Å²) in [5, 5.41) is 14.1. The average Bonchev–Trinajstić information content (AvgIpc) is 2.89. The molecule has 5 heteroatoms. The summed E-state index contributed by atoms with van der Waals surface area (Å²) in [6, 6.07) is 9.51. The van der Waals surface area contributed by atoms with Gasteiger partial charge in [-0.3, -0.25) is 10.1 Å². The van der Waals surface area contributed by atoms with Crippen LogP contribution in [-0.4, -0.2) is 4.92 Å². The van der Waals surface area contributed by atoms with Gasteiger partial charge in [-0.1, -0.05) is 66.3 Å². The lowest BCUT2D eigenvalue weighted by Gasteiger charge is -2.25. The first-order valence-corrected chi connectivity index (χ1v) is 11.8. The van der Waals surface area contributed by atoms with Crippen molar-refractivity contribution in [1.29, 1.82) is 0 Å². The van der Waals surface area contributed by atoms with Gasteiger partial charge in [-0.2, -0.15) is 0 Å². The summed E-state index contributed by atoms with van der Waals surface area (Å²) in [5.41, 5.74) is 5.94. The van der Waals surface area contributed by atoms with Gasteiger partial charge in [0.05, 0.1) is 17.4 Å². The Morgan fingerprint density at radius 3 is 2.59 bits per heavy atom. The van der Waals surface area contributed by atoms with Crippen molar-refractivity contribution in [2.45, 2.75) is 31.6 Å². The van der Waals surface area contributed by atoms with E-state index in [9.17, 15) is 10.1 Å². The third kappa shape index (κ3) is 4.42. The molecule has 0 N–H and O–H groups in total. The second kappa shape index (κ2) is 9.70. The quantitative estimate of drug-likeness (QED) is 0.385. The molecule has 0 saturated carbocycles. The normalized spacial score (nSPS) is 18.9. The van der Waals surface area contributed by atoms with Gasteiger partial charge in [0.2, 0.25) is 0 Å². The number of nitro groups is 1. The van der Waals surface area contributed by atoms with E-state index in [0.717, 1.165) is 31.2 Å². The Labute approximate surface area is 203 Å². The van der Waals surface area contributed by atoms with Crippen LogP contribution in [0.25, 0.3) is 17.7 Å². The van der Waals surface area contributed by atoms with E-state index in [-0.39, 0.29) is 16.6 Å². The Balaban J connectivity index is 0.000000351. The van der Waals surface area contributed by atoms with Crippen LogP contribution in [0.4, 0.5) is 5.69 Å². The van der Waals surface area contributed by atoms with E-state index in [1.165, 1.54) is 32.7 Å². The lowest BCUT2D eigenvalue weighted by Crippen LogP contribution is -2.32. The molecule has 1 heterocycles. The Kier molecular flexibility index (Phi) is 6.33. The predicted molar refractivity (Wildman–Crippen MR) is 138 cm³/mol. The number of hydrogen-bond acceptors (Lipinski definition) is 3. The van der Waals surface area contributed by atoms with Crippen molar-refractivity contribution in [1.82, 2.24) is 0 Å². The van der Waals surface area contributed by atoms with Crippen LogP contribution < -0.4 is 10.4 Å². The predicted octanol–water partition coefficient (Wildman–Crippen LogP) is 6.26. The minimum atomic E-state index is -0.425. The summed E-state index contributed by atoms with van der Waals surface area (Å²) in [6.07, 6.45) is 24.8. The zero-order valence-corrected chi connectivity index (χ0v) is 19.4. The highest BCUT2D eigenvalue weighted by Crippen LogP contribution is 2.39. The highest BCUT2D eigenvalue weighted by atomic mass is 35.5. The van der Waals surface area contributed by atoms with Crippen LogP contribution in [0.15, 0.2) is 84.9 Å². The molecule has 0 bridgehead atoms. The first-order valence-electron chi connectivity index (χ1n) is 11.4. The van der Waals surface area contributed by atoms with Gasteiger partial charge in [0.25, 0.3) is 5.69 Å². The van der Waals surface area contributed by atoms with Gasteiger partial charge in [-0.25, -0.2) is 0 Å². The second-order valence-corrected chi connectivity index (χ2v) is 8.90. The number of hydrogen-bond donors (Lipinski definition) is 0. The van der Waals surface area contributed by atoms with Gasteiger partial charge in [-0.15, -0.1) is 0 Å². The van der Waals surface area contributed by atoms with Crippen molar-refractivity contribution in [3.05, 3.63) is 127 Å². The fourth-order valence-corrected chi connectivity index (χ4v) is 4.92. The maximum atomic E-state index is 11.3. The maximum Gasteiger partial charge on any atom is 0.288 e. The fourth-order valence-electron chi connectivity index (χ4n) is 4.73. The lowest BCUT2D eigenvalue weighted by atomic mass is 9.79. The Morgan fingerprint density at radius 1 is 1.03 bits per heavy atom. The van der Waals surface area contributed by atoms with Crippen LogP contribution in [0.1, 0.15) is 41.9 Å². The standard InChI is InChI=1S/C24H18ClNO2.C5H6O/c25-23-12-9-18(14-24(23)26(27)28)17-6-5-16-8-10-20-19-4-2-1-3-15(19)7-11-21(20)22(16)13-17;1-2-4-6-5-3-1/h3-9,11-14,17H,1-2,10H2;2-5H,1H2. The van der Waals surface area contributed by atoms with Crippen molar-refractivity contribution >= 4 is 35.0 Å². The molecule has 0 aromatic heterocycles. The molecule has 0 saturated heterocycles. The zero-order valence-electron chi connectivity index (χ0n) is 18.6. The number of benzene rings is 2. The van der Waals surface area contributed by atoms with Crippen molar-refractivity contribution in [3.63, 3.8) is 0 Å². The van der Waals surface area contributed by atoms with Crippen LogP contribution in [0.3, 0.4) is 0 Å². The van der Waals surface area contributed by atoms with Crippen molar-refractivity contribution < 1.29 is 9.66 Å². The zero-order chi connectivity index (χ0) is 23.5.